The number of carbonyl (C=O) groups is 1. The molecule has 0 radical (unpaired) electrons. The first kappa shape index (κ1) is 18.1. The van der Waals surface area contributed by atoms with Gasteiger partial charge in [0.15, 0.2) is 0 Å². The molecule has 0 N–H and O–H groups in total. The molecule has 2 heterocycles. The van der Waals surface area contributed by atoms with E-state index in [-0.39, 0.29) is 17.4 Å². The third-order valence-electron chi connectivity index (χ3n) is 4.86. The topological polar surface area (TPSA) is 61.2 Å². The van der Waals surface area contributed by atoms with Crippen molar-refractivity contribution in [2.24, 2.45) is 5.92 Å². The van der Waals surface area contributed by atoms with Gasteiger partial charge in [-0.3, -0.25) is 14.2 Å². The number of aryl methyl sites for hydroxylation is 2. The van der Waals surface area contributed by atoms with Crippen LogP contribution in [0.1, 0.15) is 62.2 Å². The second-order valence-corrected chi connectivity index (χ2v) is 8.20. The molecule has 0 bridgehead atoms. The molecule has 2 aromatic rings. The zero-order valence-electron chi connectivity index (χ0n) is 15.4. The smallest absolute Gasteiger partial charge is 0.313 e. The van der Waals surface area contributed by atoms with Crippen LogP contribution < -0.4 is 5.56 Å². The van der Waals surface area contributed by atoms with E-state index in [0.717, 1.165) is 46.8 Å². The second-order valence-electron chi connectivity index (χ2n) is 7.11. The van der Waals surface area contributed by atoms with E-state index in [1.165, 1.54) is 0 Å². The molecule has 2 aromatic heterocycles. The number of fused-ring (bicyclic) bond motifs is 3. The van der Waals surface area contributed by atoms with E-state index in [4.69, 9.17) is 4.74 Å². The van der Waals surface area contributed by atoms with Crippen molar-refractivity contribution in [2.45, 2.75) is 65.8 Å². The maximum Gasteiger partial charge on any atom is 0.313 e. The van der Waals surface area contributed by atoms with Gasteiger partial charge in [-0.25, -0.2) is 4.98 Å². The monoisotopic (exact) mass is 362 g/mol. The summed E-state index contributed by atoms with van der Waals surface area (Å²) in [5.41, 5.74) is 0.886. The number of ether oxygens (including phenoxy) is 1. The van der Waals surface area contributed by atoms with Crippen molar-refractivity contribution in [3.63, 3.8) is 0 Å². The molecule has 0 aliphatic heterocycles. The van der Waals surface area contributed by atoms with E-state index in [2.05, 4.69) is 18.8 Å². The van der Waals surface area contributed by atoms with Crippen LogP contribution in [0.15, 0.2) is 4.79 Å². The Morgan fingerprint density at radius 2 is 2.20 bits per heavy atom. The molecule has 6 heteroatoms. The summed E-state index contributed by atoms with van der Waals surface area (Å²) in [4.78, 5) is 32.2. The molecule has 0 aromatic carbocycles. The SMILES string of the molecule is CCOC(=O)C1CCCc2sc3nc(C)n(CCC(C)C)c(=O)c3c21. The van der Waals surface area contributed by atoms with Gasteiger partial charge < -0.3 is 4.74 Å². The predicted molar refractivity (Wildman–Crippen MR) is 100 cm³/mol. The molecule has 1 aliphatic carbocycles. The Labute approximate surface area is 152 Å². The van der Waals surface area contributed by atoms with Crippen LogP contribution in [-0.2, 0) is 22.5 Å². The molecule has 5 nitrogen and oxygen atoms in total. The number of nitrogens with zero attached hydrogens (tertiary/aromatic N) is 2. The molecule has 25 heavy (non-hydrogen) atoms. The fourth-order valence-corrected chi connectivity index (χ4v) is 4.86. The lowest BCUT2D eigenvalue weighted by Gasteiger charge is -2.21. The maximum atomic E-state index is 13.2. The molecule has 0 saturated carbocycles. The van der Waals surface area contributed by atoms with Crippen LogP contribution in [-0.4, -0.2) is 22.1 Å². The van der Waals surface area contributed by atoms with E-state index >= 15 is 0 Å². The molecule has 0 fully saturated rings. The third-order valence-corrected chi connectivity index (χ3v) is 6.02. The summed E-state index contributed by atoms with van der Waals surface area (Å²) in [5, 5.41) is 0.645. The minimum Gasteiger partial charge on any atom is -0.466 e. The van der Waals surface area contributed by atoms with E-state index in [1.54, 1.807) is 15.9 Å². The van der Waals surface area contributed by atoms with Gasteiger partial charge in [0.2, 0.25) is 0 Å². The third kappa shape index (κ3) is 3.36. The van der Waals surface area contributed by atoms with Crippen LogP contribution in [0.25, 0.3) is 10.2 Å². The molecule has 1 aliphatic rings. The summed E-state index contributed by atoms with van der Waals surface area (Å²) in [6, 6.07) is 0. The van der Waals surface area contributed by atoms with Crippen LogP contribution in [0.4, 0.5) is 0 Å². The Morgan fingerprint density at radius 1 is 1.44 bits per heavy atom. The minimum atomic E-state index is -0.326. The van der Waals surface area contributed by atoms with Crippen LogP contribution in [0, 0.1) is 12.8 Å². The molecule has 136 valence electrons. The summed E-state index contributed by atoms with van der Waals surface area (Å²) in [7, 11) is 0. The fourth-order valence-electron chi connectivity index (χ4n) is 3.55. The normalized spacial score (nSPS) is 17.1. The lowest BCUT2D eigenvalue weighted by atomic mass is 9.86. The summed E-state index contributed by atoms with van der Waals surface area (Å²) in [6.45, 7) is 9.04. The van der Waals surface area contributed by atoms with Gasteiger partial charge in [0.05, 0.1) is 17.9 Å². The highest BCUT2D eigenvalue weighted by atomic mass is 32.1. The zero-order chi connectivity index (χ0) is 18.1. The Morgan fingerprint density at radius 3 is 2.88 bits per heavy atom. The highest BCUT2D eigenvalue weighted by molar-refractivity contribution is 7.18. The molecule has 0 saturated heterocycles. The summed E-state index contributed by atoms with van der Waals surface area (Å²) < 4.78 is 7.04. The molecule has 1 atom stereocenters. The number of carbonyl (C=O) groups excluding carboxylic acids is 1. The summed E-state index contributed by atoms with van der Waals surface area (Å²) in [5.74, 6) is 0.736. The minimum absolute atomic E-state index is 0.00292. The van der Waals surface area contributed by atoms with E-state index in [0.29, 0.717) is 24.5 Å². The van der Waals surface area contributed by atoms with Gasteiger partial charge in [-0.2, -0.15) is 0 Å². The van der Waals surface area contributed by atoms with Crippen molar-refractivity contribution in [1.82, 2.24) is 9.55 Å². The number of hydrogen-bond acceptors (Lipinski definition) is 5. The largest absolute Gasteiger partial charge is 0.466 e. The number of esters is 1. The van der Waals surface area contributed by atoms with Crippen molar-refractivity contribution in [1.29, 1.82) is 0 Å². The maximum absolute atomic E-state index is 13.2. The van der Waals surface area contributed by atoms with Crippen LogP contribution in [0.2, 0.25) is 0 Å². The van der Waals surface area contributed by atoms with Gasteiger partial charge in [-0.15, -0.1) is 11.3 Å². The predicted octanol–water partition coefficient (Wildman–Crippen LogP) is 3.80. The Kier molecular flexibility index (Phi) is 5.27. The van der Waals surface area contributed by atoms with Crippen molar-refractivity contribution in [2.75, 3.05) is 6.61 Å². The first-order chi connectivity index (χ1) is 11.9. The number of aromatic nitrogens is 2. The van der Waals surface area contributed by atoms with Crippen LogP contribution in [0.3, 0.4) is 0 Å². The molecule has 3 rings (SSSR count). The van der Waals surface area contributed by atoms with Gasteiger partial charge >= 0.3 is 5.97 Å². The summed E-state index contributed by atoms with van der Waals surface area (Å²) >= 11 is 1.57. The van der Waals surface area contributed by atoms with E-state index in [9.17, 15) is 9.59 Å². The number of thiophene rings is 1. The Bertz CT molecular complexity index is 850. The highest BCUT2D eigenvalue weighted by Gasteiger charge is 2.33. The first-order valence-corrected chi connectivity index (χ1v) is 9.95. The standard InChI is InChI=1S/C19H26N2O3S/c1-5-24-19(23)13-7-6-8-14-15(13)16-17(25-14)20-12(4)21(18(16)22)10-9-11(2)3/h11,13H,5-10H2,1-4H3. The van der Waals surface area contributed by atoms with Gasteiger partial charge in [0, 0.05) is 11.4 Å². The lowest BCUT2D eigenvalue weighted by Crippen LogP contribution is -2.27. The Hall–Kier alpha value is -1.69. The molecule has 0 amide bonds. The Balaban J connectivity index is 2.15. The number of rotatable bonds is 5. The van der Waals surface area contributed by atoms with Crippen molar-refractivity contribution >= 4 is 27.5 Å². The molecule has 1 unspecified atom stereocenters. The fraction of sp³-hybridized carbons (Fsp3) is 0.632. The van der Waals surface area contributed by atoms with Crippen molar-refractivity contribution in [3.8, 4) is 0 Å². The quantitative estimate of drug-likeness (QED) is 0.759. The molecule has 0 spiro atoms. The van der Waals surface area contributed by atoms with Gasteiger partial charge in [-0.05, 0) is 51.0 Å². The lowest BCUT2D eigenvalue weighted by molar-refractivity contribution is -0.145. The van der Waals surface area contributed by atoms with E-state index in [1.807, 2.05) is 13.8 Å². The van der Waals surface area contributed by atoms with Gasteiger partial charge in [0.25, 0.3) is 5.56 Å². The van der Waals surface area contributed by atoms with Gasteiger partial charge in [0.1, 0.15) is 10.7 Å². The second kappa shape index (κ2) is 7.28. The van der Waals surface area contributed by atoms with Crippen LogP contribution in [0.5, 0.6) is 0 Å². The highest BCUT2D eigenvalue weighted by Crippen LogP contribution is 2.41. The molecular weight excluding hydrogens is 336 g/mol. The van der Waals surface area contributed by atoms with Crippen molar-refractivity contribution < 1.29 is 9.53 Å². The first-order valence-electron chi connectivity index (χ1n) is 9.13. The molecular formula is C19H26N2O3S. The van der Waals surface area contributed by atoms with Gasteiger partial charge in [-0.1, -0.05) is 13.8 Å². The average molecular weight is 362 g/mol. The average Bonchev–Trinajstić information content (AvgIpc) is 2.92. The van der Waals surface area contributed by atoms with Crippen molar-refractivity contribution in [3.05, 3.63) is 26.6 Å². The van der Waals surface area contributed by atoms with E-state index < -0.39 is 0 Å². The number of hydrogen-bond donors (Lipinski definition) is 0. The van der Waals surface area contributed by atoms with Crippen LogP contribution >= 0.6 is 11.3 Å². The summed E-state index contributed by atoms with van der Waals surface area (Å²) in [6.07, 6.45) is 3.54. The zero-order valence-corrected chi connectivity index (χ0v) is 16.2.